The number of nitrogens with two attached hydrogens (primary N) is 3. The van der Waals surface area contributed by atoms with Crippen LogP contribution in [0.2, 0.25) is 0 Å². The quantitative estimate of drug-likeness (QED) is 0.431. The number of hydrogen-bond acceptors (Lipinski definition) is 4. The van der Waals surface area contributed by atoms with Crippen LogP contribution < -0.4 is 17.2 Å². The smallest absolute Gasteiger partial charge is 0.338 e. The highest BCUT2D eigenvalue weighted by atomic mass is 16.5. The molecular weight excluding hydrogens is 296 g/mol. The minimum atomic E-state index is -0.505. The standard InChI is InChI=1S/C16H16N4O3/c17-14(21)11-3-1-10(2-4-11)9-23-15(22)12-5-7-13(8-6-12)20-16(18)19/h1-8H,9H2,(H2,17,21)(H4,18,19,20). The van der Waals surface area contributed by atoms with Gasteiger partial charge in [-0.05, 0) is 42.0 Å². The Bertz CT molecular complexity index is 733. The van der Waals surface area contributed by atoms with Crippen LogP contribution >= 0.6 is 0 Å². The largest absolute Gasteiger partial charge is 0.457 e. The van der Waals surface area contributed by atoms with E-state index in [9.17, 15) is 9.59 Å². The van der Waals surface area contributed by atoms with Gasteiger partial charge in [-0.3, -0.25) is 4.79 Å². The summed E-state index contributed by atoms with van der Waals surface area (Å²) in [4.78, 5) is 26.8. The summed E-state index contributed by atoms with van der Waals surface area (Å²) in [7, 11) is 0. The molecule has 0 saturated carbocycles. The van der Waals surface area contributed by atoms with E-state index in [2.05, 4.69) is 4.99 Å². The number of hydrogen-bond donors (Lipinski definition) is 3. The van der Waals surface area contributed by atoms with E-state index in [-0.39, 0.29) is 12.6 Å². The van der Waals surface area contributed by atoms with Crippen molar-refractivity contribution < 1.29 is 14.3 Å². The van der Waals surface area contributed by atoms with E-state index < -0.39 is 11.9 Å². The first-order valence-electron chi connectivity index (χ1n) is 6.71. The first-order chi connectivity index (χ1) is 11.0. The highest BCUT2D eigenvalue weighted by Gasteiger charge is 2.08. The lowest BCUT2D eigenvalue weighted by Gasteiger charge is -2.06. The zero-order valence-corrected chi connectivity index (χ0v) is 12.2. The third-order valence-electron chi connectivity index (χ3n) is 2.97. The van der Waals surface area contributed by atoms with E-state index >= 15 is 0 Å². The van der Waals surface area contributed by atoms with Crippen LogP contribution in [0, 0.1) is 0 Å². The summed E-state index contributed by atoms with van der Waals surface area (Å²) in [6.07, 6.45) is 0. The molecule has 7 nitrogen and oxygen atoms in total. The molecule has 0 atom stereocenters. The van der Waals surface area contributed by atoms with Gasteiger partial charge in [-0.1, -0.05) is 12.1 Å². The van der Waals surface area contributed by atoms with Crippen LogP contribution in [0.4, 0.5) is 5.69 Å². The van der Waals surface area contributed by atoms with Crippen LogP contribution in [0.1, 0.15) is 26.3 Å². The average Bonchev–Trinajstić information content (AvgIpc) is 2.53. The molecule has 1 amide bonds. The number of nitrogens with zero attached hydrogens (tertiary/aromatic N) is 1. The minimum absolute atomic E-state index is 0.0558. The number of guanidine groups is 1. The van der Waals surface area contributed by atoms with Gasteiger partial charge in [0.05, 0.1) is 11.3 Å². The summed E-state index contributed by atoms with van der Waals surface area (Å²) in [5.74, 6) is -1.03. The lowest BCUT2D eigenvalue weighted by atomic mass is 10.1. The van der Waals surface area contributed by atoms with Gasteiger partial charge in [0, 0.05) is 5.56 Å². The molecule has 2 aromatic rings. The number of amides is 1. The van der Waals surface area contributed by atoms with Crippen molar-refractivity contribution in [2.45, 2.75) is 6.61 Å². The molecule has 2 rings (SSSR count). The molecule has 0 saturated heterocycles. The van der Waals surface area contributed by atoms with Gasteiger partial charge >= 0.3 is 5.97 Å². The molecule has 0 radical (unpaired) electrons. The number of benzene rings is 2. The molecule has 0 aromatic heterocycles. The highest BCUT2D eigenvalue weighted by Crippen LogP contribution is 2.14. The van der Waals surface area contributed by atoms with Crippen molar-refractivity contribution in [1.29, 1.82) is 0 Å². The van der Waals surface area contributed by atoms with Crippen molar-refractivity contribution in [2.24, 2.45) is 22.2 Å². The third-order valence-corrected chi connectivity index (χ3v) is 2.97. The van der Waals surface area contributed by atoms with Crippen molar-refractivity contribution in [3.63, 3.8) is 0 Å². The van der Waals surface area contributed by atoms with Crippen LogP contribution in [-0.4, -0.2) is 17.8 Å². The second kappa shape index (κ2) is 7.08. The molecule has 0 heterocycles. The van der Waals surface area contributed by atoms with Gasteiger partial charge in [-0.2, -0.15) is 0 Å². The van der Waals surface area contributed by atoms with Crippen LogP contribution in [0.25, 0.3) is 0 Å². The molecule has 0 fully saturated rings. The molecule has 23 heavy (non-hydrogen) atoms. The molecule has 0 aliphatic rings. The molecule has 0 spiro atoms. The van der Waals surface area contributed by atoms with E-state index in [1.54, 1.807) is 48.5 Å². The Morgan fingerprint density at radius 1 is 0.870 bits per heavy atom. The van der Waals surface area contributed by atoms with Crippen LogP contribution in [0.3, 0.4) is 0 Å². The van der Waals surface area contributed by atoms with Crippen LogP contribution in [-0.2, 0) is 11.3 Å². The van der Waals surface area contributed by atoms with Gasteiger partial charge in [-0.15, -0.1) is 0 Å². The second-order valence-corrected chi connectivity index (χ2v) is 4.72. The Hall–Kier alpha value is -3.35. The molecule has 0 aliphatic carbocycles. The molecule has 6 N–H and O–H groups in total. The van der Waals surface area contributed by atoms with Crippen molar-refractivity contribution in [3.05, 3.63) is 65.2 Å². The zero-order valence-electron chi connectivity index (χ0n) is 12.2. The first kappa shape index (κ1) is 16.0. The maximum Gasteiger partial charge on any atom is 0.338 e. The summed E-state index contributed by atoms with van der Waals surface area (Å²) >= 11 is 0. The zero-order chi connectivity index (χ0) is 16.8. The summed E-state index contributed by atoms with van der Waals surface area (Å²) in [6.45, 7) is 0.0908. The maximum atomic E-state index is 11.9. The summed E-state index contributed by atoms with van der Waals surface area (Å²) in [5, 5.41) is 0. The Balaban J connectivity index is 1.96. The van der Waals surface area contributed by atoms with E-state index in [1.807, 2.05) is 0 Å². The number of carbonyl (C=O) groups is 2. The van der Waals surface area contributed by atoms with Gasteiger partial charge in [0.1, 0.15) is 6.61 Å². The average molecular weight is 312 g/mol. The van der Waals surface area contributed by atoms with Gasteiger partial charge in [0.2, 0.25) is 5.91 Å². The van der Waals surface area contributed by atoms with Crippen molar-refractivity contribution >= 4 is 23.5 Å². The maximum absolute atomic E-state index is 11.9. The Morgan fingerprint density at radius 3 is 1.96 bits per heavy atom. The number of esters is 1. The third kappa shape index (κ3) is 4.57. The number of aliphatic imine (C=N–C) groups is 1. The summed E-state index contributed by atoms with van der Waals surface area (Å²) in [5.41, 5.74) is 17.8. The number of ether oxygens (including phenoxy) is 1. The van der Waals surface area contributed by atoms with Crippen molar-refractivity contribution in [2.75, 3.05) is 0 Å². The molecule has 7 heteroatoms. The molecule has 2 aromatic carbocycles. The topological polar surface area (TPSA) is 134 Å². The predicted molar refractivity (Wildman–Crippen MR) is 86.0 cm³/mol. The predicted octanol–water partition coefficient (Wildman–Crippen LogP) is 1.05. The highest BCUT2D eigenvalue weighted by molar-refractivity contribution is 5.92. The fourth-order valence-corrected chi connectivity index (χ4v) is 1.82. The second-order valence-electron chi connectivity index (χ2n) is 4.72. The molecule has 0 unspecified atom stereocenters. The SMILES string of the molecule is NC(=O)c1ccc(COC(=O)c2ccc(N=C(N)N)cc2)cc1. The fraction of sp³-hybridized carbons (Fsp3) is 0.0625. The number of rotatable bonds is 5. The summed E-state index contributed by atoms with van der Waals surface area (Å²) in [6, 6.07) is 12.9. The van der Waals surface area contributed by atoms with Gasteiger partial charge in [-0.25, -0.2) is 9.79 Å². The lowest BCUT2D eigenvalue weighted by molar-refractivity contribution is 0.0472. The van der Waals surface area contributed by atoms with E-state index in [4.69, 9.17) is 21.9 Å². The van der Waals surface area contributed by atoms with E-state index in [1.165, 1.54) is 0 Å². The molecule has 118 valence electrons. The van der Waals surface area contributed by atoms with Gasteiger partial charge in [0.15, 0.2) is 5.96 Å². The van der Waals surface area contributed by atoms with Crippen molar-refractivity contribution in [1.82, 2.24) is 0 Å². The summed E-state index contributed by atoms with van der Waals surface area (Å²) < 4.78 is 5.20. The Morgan fingerprint density at radius 2 is 1.43 bits per heavy atom. The molecule has 0 aliphatic heterocycles. The van der Waals surface area contributed by atoms with E-state index in [0.29, 0.717) is 16.8 Å². The lowest BCUT2D eigenvalue weighted by Crippen LogP contribution is -2.21. The Labute approximate surface area is 132 Å². The van der Waals surface area contributed by atoms with Crippen LogP contribution in [0.15, 0.2) is 53.5 Å². The van der Waals surface area contributed by atoms with Gasteiger partial charge in [0.25, 0.3) is 0 Å². The first-order valence-corrected chi connectivity index (χ1v) is 6.71. The normalized spacial score (nSPS) is 9.91. The van der Waals surface area contributed by atoms with Crippen LogP contribution in [0.5, 0.6) is 0 Å². The van der Waals surface area contributed by atoms with Crippen molar-refractivity contribution in [3.8, 4) is 0 Å². The van der Waals surface area contributed by atoms with E-state index in [0.717, 1.165) is 5.56 Å². The molecule has 0 bridgehead atoms. The minimum Gasteiger partial charge on any atom is -0.457 e. The van der Waals surface area contributed by atoms with Gasteiger partial charge < -0.3 is 21.9 Å². The Kier molecular flexibility index (Phi) is 4.93. The monoisotopic (exact) mass is 312 g/mol. The fourth-order valence-electron chi connectivity index (χ4n) is 1.82. The number of carbonyl (C=O) groups excluding carboxylic acids is 2. The molecular formula is C16H16N4O3. The number of primary amides is 1.